The van der Waals surface area contributed by atoms with Crippen LogP contribution in [0.15, 0.2) is 12.1 Å². The van der Waals surface area contributed by atoms with Crippen molar-refractivity contribution in [3.63, 3.8) is 0 Å². The van der Waals surface area contributed by atoms with Crippen LogP contribution in [0.25, 0.3) is 0 Å². The fourth-order valence-corrected chi connectivity index (χ4v) is 6.50. The van der Waals surface area contributed by atoms with Gasteiger partial charge >= 0.3 is 0 Å². The van der Waals surface area contributed by atoms with Crippen molar-refractivity contribution >= 4 is 40.7 Å². The molecule has 3 saturated heterocycles. The minimum absolute atomic E-state index is 0.150. The predicted octanol–water partition coefficient (Wildman–Crippen LogP) is 2.20. The van der Waals surface area contributed by atoms with Gasteiger partial charge in [0.2, 0.25) is 5.95 Å². The molecule has 3 atom stereocenters. The summed E-state index contributed by atoms with van der Waals surface area (Å²) in [6.07, 6.45) is 7.75. The van der Waals surface area contributed by atoms with Crippen LogP contribution in [0, 0.1) is 24.2 Å². The highest BCUT2D eigenvalue weighted by Crippen LogP contribution is 2.37. The van der Waals surface area contributed by atoms with Gasteiger partial charge in [0.1, 0.15) is 17.9 Å². The average molecular weight is 541 g/mol. The number of hydrogen-bond acceptors (Lipinski definition) is 10. The molecule has 0 radical (unpaired) electrons. The van der Waals surface area contributed by atoms with Gasteiger partial charge in [0.15, 0.2) is 5.82 Å². The van der Waals surface area contributed by atoms with E-state index in [0.29, 0.717) is 62.0 Å². The number of aromatic nitrogens is 4. The molecular formula is C25H36N10O2S. The van der Waals surface area contributed by atoms with E-state index < -0.39 is 11.4 Å². The zero-order valence-corrected chi connectivity index (χ0v) is 22.8. The number of piperidine rings is 2. The summed E-state index contributed by atoms with van der Waals surface area (Å²) in [4.78, 5) is 26.7. The number of aryl methyl sites for hydroxylation is 1. The van der Waals surface area contributed by atoms with Gasteiger partial charge in [0.05, 0.1) is 17.4 Å². The summed E-state index contributed by atoms with van der Waals surface area (Å²) in [7, 11) is 0. The number of rotatable bonds is 9. The Labute approximate surface area is 226 Å². The second kappa shape index (κ2) is 11.8. The molecule has 3 unspecified atom stereocenters. The van der Waals surface area contributed by atoms with Crippen LogP contribution >= 0.6 is 0 Å². The van der Waals surface area contributed by atoms with Gasteiger partial charge in [0.25, 0.3) is 5.91 Å². The summed E-state index contributed by atoms with van der Waals surface area (Å²) < 4.78 is 13.9. The number of nitrogens with one attached hydrogen (secondary N) is 4. The fourth-order valence-electron chi connectivity index (χ4n) is 6.05. The highest BCUT2D eigenvalue weighted by molar-refractivity contribution is 7.89. The van der Waals surface area contributed by atoms with Gasteiger partial charge in [0, 0.05) is 67.9 Å². The van der Waals surface area contributed by atoms with Crippen LogP contribution in [0.1, 0.15) is 50.6 Å². The number of anilines is 4. The Hall–Kier alpha value is -3.08. The molecule has 2 aromatic heterocycles. The van der Waals surface area contributed by atoms with E-state index >= 15 is 0 Å². The van der Waals surface area contributed by atoms with E-state index in [9.17, 15) is 9.35 Å². The van der Waals surface area contributed by atoms with Crippen LogP contribution in [0.5, 0.6) is 0 Å². The van der Waals surface area contributed by atoms with E-state index in [1.54, 1.807) is 0 Å². The molecule has 1 amide bonds. The third-order valence-electron chi connectivity index (χ3n) is 7.81. The third kappa shape index (κ3) is 6.31. The Morgan fingerprint density at radius 3 is 2.55 bits per heavy atom. The molecule has 3 fully saturated rings. The van der Waals surface area contributed by atoms with Gasteiger partial charge in [-0.25, -0.2) is 0 Å². The number of amides is 1. The van der Waals surface area contributed by atoms with Gasteiger partial charge in [-0.1, -0.05) is 0 Å². The zero-order chi connectivity index (χ0) is 26.6. The van der Waals surface area contributed by atoms with Crippen molar-refractivity contribution in [1.82, 2.24) is 29.8 Å². The summed E-state index contributed by atoms with van der Waals surface area (Å²) in [5.74, 6) is 2.41. The smallest absolute Gasteiger partial charge is 0.264 e. The molecule has 4 N–H and O–H groups in total. The van der Waals surface area contributed by atoms with Gasteiger partial charge in [-0.05, 0) is 45.4 Å². The number of fused-ring (bicyclic) bond motifs is 2. The Kier molecular flexibility index (Phi) is 8.21. The van der Waals surface area contributed by atoms with Gasteiger partial charge in [-0.15, -0.1) is 0 Å². The largest absolute Gasteiger partial charge is 0.593 e. The lowest BCUT2D eigenvalue weighted by atomic mass is 9.96. The first-order chi connectivity index (χ1) is 18.4. The Bertz CT molecular complexity index is 1150. The molecule has 5 heterocycles. The second-order valence-corrected chi connectivity index (χ2v) is 11.6. The summed E-state index contributed by atoms with van der Waals surface area (Å²) >= 11 is -1.35. The maximum atomic E-state index is 12.3. The van der Waals surface area contributed by atoms with Crippen molar-refractivity contribution in [1.29, 1.82) is 5.26 Å². The summed E-state index contributed by atoms with van der Waals surface area (Å²) in [5.41, 5.74) is 0.951. The van der Waals surface area contributed by atoms with Crippen LogP contribution in [0.3, 0.4) is 0 Å². The maximum Gasteiger partial charge on any atom is 0.264 e. The normalized spacial score (nSPS) is 24.6. The second-order valence-electron chi connectivity index (χ2n) is 10.5. The van der Waals surface area contributed by atoms with Crippen LogP contribution in [-0.4, -0.2) is 79.5 Å². The van der Waals surface area contributed by atoms with Crippen molar-refractivity contribution in [3.05, 3.63) is 17.8 Å². The molecule has 2 bridgehead atoms. The van der Waals surface area contributed by atoms with Crippen molar-refractivity contribution in [3.8, 4) is 6.07 Å². The van der Waals surface area contributed by atoms with E-state index in [4.69, 9.17) is 15.2 Å². The van der Waals surface area contributed by atoms with Gasteiger partial charge < -0.3 is 20.1 Å². The van der Waals surface area contributed by atoms with E-state index in [1.807, 2.05) is 19.1 Å². The first-order valence-corrected chi connectivity index (χ1v) is 14.9. The maximum absolute atomic E-state index is 12.3. The van der Waals surface area contributed by atoms with E-state index in [1.165, 1.54) is 19.1 Å². The quantitative estimate of drug-likeness (QED) is 0.347. The third-order valence-corrected chi connectivity index (χ3v) is 8.30. The topological polar surface area (TPSA) is 161 Å². The number of H-pyrrole nitrogens is 1. The van der Waals surface area contributed by atoms with Crippen LogP contribution in [0.4, 0.5) is 23.4 Å². The molecule has 204 valence electrons. The molecule has 0 aromatic carbocycles. The monoisotopic (exact) mass is 540 g/mol. The first-order valence-electron chi connectivity index (χ1n) is 13.3. The molecule has 3 aliphatic rings. The molecule has 3 aliphatic heterocycles. The number of carbonyl (C=O) groups is 1. The number of carbonyl (C=O) groups excluding carboxylic acids is 1. The summed E-state index contributed by atoms with van der Waals surface area (Å²) in [6.45, 7) is 4.15. The molecule has 13 heteroatoms. The molecule has 0 aliphatic carbocycles. The molecule has 38 heavy (non-hydrogen) atoms. The fraction of sp³-hybridized carbons (Fsp3) is 0.640. The van der Waals surface area contributed by atoms with Crippen molar-refractivity contribution in [2.75, 3.05) is 41.4 Å². The lowest BCUT2D eigenvalue weighted by Crippen LogP contribution is -2.47. The molecule has 2 aromatic rings. The SMILES string of the molecule is Cc1cc(Nc2cc(N3CCC(C(=O)N[S+](C)[O-])CC3)nc(NC3CC4CCC(C3)N4CCC#N)n2)n[nH]1. The standard InChI is InChI=1S/C25H36N10O2S/c1-16-12-22(32-31-16)28-21-15-23(34-10-6-17(7-11-34)24(36)33-38(2)37)30-25(29-21)27-18-13-19-4-5-20(14-18)35(19)9-3-8-26/h12,15,17-20H,3-7,9-11,13-14H2,1-2H3,(H,33,36)(H3,27,28,29,30,31,32). The Balaban J connectivity index is 1.30. The van der Waals surface area contributed by atoms with Crippen molar-refractivity contribution < 1.29 is 9.35 Å². The van der Waals surface area contributed by atoms with E-state index in [0.717, 1.165) is 30.9 Å². The van der Waals surface area contributed by atoms with Crippen molar-refractivity contribution in [2.45, 2.75) is 70.0 Å². The van der Waals surface area contributed by atoms with Gasteiger partial charge in [-0.3, -0.25) is 14.8 Å². The van der Waals surface area contributed by atoms with Gasteiger partial charge in [-0.2, -0.15) is 25.1 Å². The van der Waals surface area contributed by atoms with E-state index in [-0.39, 0.29) is 17.9 Å². The number of hydrogen-bond donors (Lipinski definition) is 4. The molecule has 0 saturated carbocycles. The number of nitrogens with zero attached hydrogens (tertiary/aromatic N) is 6. The summed E-state index contributed by atoms with van der Waals surface area (Å²) in [5, 5.41) is 23.2. The molecular weight excluding hydrogens is 504 g/mol. The highest BCUT2D eigenvalue weighted by Gasteiger charge is 2.40. The minimum atomic E-state index is -1.35. The average Bonchev–Trinajstić information content (AvgIpc) is 3.40. The molecule has 12 nitrogen and oxygen atoms in total. The lowest BCUT2D eigenvalue weighted by molar-refractivity contribution is -0.123. The van der Waals surface area contributed by atoms with Crippen LogP contribution in [0.2, 0.25) is 0 Å². The summed E-state index contributed by atoms with van der Waals surface area (Å²) in [6, 6.07) is 7.39. The Morgan fingerprint density at radius 2 is 1.92 bits per heavy atom. The van der Waals surface area contributed by atoms with Crippen LogP contribution < -0.4 is 20.3 Å². The highest BCUT2D eigenvalue weighted by atomic mass is 32.2. The number of nitriles is 1. The van der Waals surface area contributed by atoms with Crippen LogP contribution in [-0.2, 0) is 16.2 Å². The zero-order valence-electron chi connectivity index (χ0n) is 21.9. The lowest BCUT2D eigenvalue weighted by Gasteiger charge is -2.39. The first kappa shape index (κ1) is 26.5. The Morgan fingerprint density at radius 1 is 1.18 bits per heavy atom. The number of aromatic amines is 1. The van der Waals surface area contributed by atoms with Crippen molar-refractivity contribution in [2.24, 2.45) is 5.92 Å². The molecule has 0 spiro atoms. The molecule has 5 rings (SSSR count). The van der Waals surface area contributed by atoms with E-state index in [2.05, 4.69) is 41.4 Å². The predicted molar refractivity (Wildman–Crippen MR) is 146 cm³/mol. The minimum Gasteiger partial charge on any atom is -0.593 e.